The fraction of sp³-hybridized carbons (Fsp3) is 0.308. The number of carbonyl (C=O) groups is 1. The molecule has 0 saturated heterocycles. The number of aryl methyl sites for hydroxylation is 1. The van der Waals surface area contributed by atoms with Crippen molar-refractivity contribution in [2.75, 3.05) is 5.33 Å². The Morgan fingerprint density at radius 1 is 1.44 bits per heavy atom. The number of carboxylic acid groups (broad SMARTS) is 1. The Morgan fingerprint density at radius 3 is 2.94 bits per heavy atom. The molecule has 1 N–H and O–H groups in total. The summed E-state index contributed by atoms with van der Waals surface area (Å²) in [6.07, 6.45) is 5.94. The van der Waals surface area contributed by atoms with Gasteiger partial charge in [0.1, 0.15) is 0 Å². The van der Waals surface area contributed by atoms with Gasteiger partial charge in [-0.1, -0.05) is 52.3 Å². The van der Waals surface area contributed by atoms with Crippen molar-refractivity contribution >= 4 is 28.0 Å². The van der Waals surface area contributed by atoms with Gasteiger partial charge in [0, 0.05) is 11.8 Å². The van der Waals surface area contributed by atoms with E-state index < -0.39 is 5.97 Å². The van der Waals surface area contributed by atoms with E-state index in [1.54, 1.807) is 0 Å². The highest BCUT2D eigenvalue weighted by molar-refractivity contribution is 9.09. The highest BCUT2D eigenvalue weighted by atomic mass is 79.9. The molecule has 0 aliphatic rings. The summed E-state index contributed by atoms with van der Waals surface area (Å²) in [5, 5.41) is 9.56. The minimum Gasteiger partial charge on any atom is -0.481 e. The van der Waals surface area contributed by atoms with Gasteiger partial charge in [0.2, 0.25) is 0 Å². The average molecular weight is 283 g/mol. The molecule has 86 valence electrons. The molecular formula is C13H15BrO2. The lowest BCUT2D eigenvalue weighted by atomic mass is 10.1. The molecule has 0 radical (unpaired) electrons. The van der Waals surface area contributed by atoms with E-state index >= 15 is 0 Å². The van der Waals surface area contributed by atoms with Crippen LogP contribution in [-0.4, -0.2) is 16.4 Å². The van der Waals surface area contributed by atoms with Crippen LogP contribution in [0.15, 0.2) is 30.3 Å². The van der Waals surface area contributed by atoms with Gasteiger partial charge in [-0.3, -0.25) is 4.79 Å². The van der Waals surface area contributed by atoms with Gasteiger partial charge in [-0.25, -0.2) is 0 Å². The molecule has 0 saturated carbocycles. The summed E-state index contributed by atoms with van der Waals surface area (Å²) < 4.78 is 0. The van der Waals surface area contributed by atoms with E-state index in [0.29, 0.717) is 6.42 Å². The molecule has 0 bridgehead atoms. The zero-order valence-corrected chi connectivity index (χ0v) is 10.6. The van der Waals surface area contributed by atoms with Crippen LogP contribution < -0.4 is 0 Å². The molecule has 0 spiro atoms. The lowest BCUT2D eigenvalue weighted by molar-refractivity contribution is -0.136. The fourth-order valence-corrected chi connectivity index (χ4v) is 1.65. The van der Waals surface area contributed by atoms with Crippen molar-refractivity contribution in [3.05, 3.63) is 41.5 Å². The maximum absolute atomic E-state index is 10.4. The molecular weight excluding hydrogens is 268 g/mol. The lowest BCUT2D eigenvalue weighted by Crippen LogP contribution is -1.97. The van der Waals surface area contributed by atoms with Gasteiger partial charge in [0.25, 0.3) is 0 Å². The highest BCUT2D eigenvalue weighted by Crippen LogP contribution is 2.09. The Labute approximate surface area is 104 Å². The SMILES string of the molecule is O=C(O)CCc1cccc(C=CCCBr)c1. The van der Waals surface area contributed by atoms with Crippen molar-refractivity contribution in [2.24, 2.45) is 0 Å². The number of rotatable bonds is 6. The Kier molecular flexibility index (Phi) is 5.86. The van der Waals surface area contributed by atoms with E-state index in [4.69, 9.17) is 5.11 Å². The monoisotopic (exact) mass is 282 g/mol. The molecule has 1 aromatic carbocycles. The third-order valence-corrected chi connectivity index (χ3v) is 2.62. The molecule has 0 aliphatic carbocycles. The second-order valence-corrected chi connectivity index (χ2v) is 4.31. The second kappa shape index (κ2) is 7.23. The first-order valence-electron chi connectivity index (χ1n) is 5.25. The predicted octanol–water partition coefficient (Wildman–Crippen LogP) is 3.50. The Morgan fingerprint density at radius 2 is 2.25 bits per heavy atom. The number of hydrogen-bond donors (Lipinski definition) is 1. The molecule has 0 atom stereocenters. The third-order valence-electron chi connectivity index (χ3n) is 2.16. The maximum atomic E-state index is 10.4. The molecule has 0 unspecified atom stereocenters. The van der Waals surface area contributed by atoms with Crippen LogP contribution in [0.3, 0.4) is 0 Å². The molecule has 0 fully saturated rings. The van der Waals surface area contributed by atoms with Crippen LogP contribution in [-0.2, 0) is 11.2 Å². The van der Waals surface area contributed by atoms with Crippen molar-refractivity contribution in [3.63, 3.8) is 0 Å². The third kappa shape index (κ3) is 5.12. The molecule has 3 heteroatoms. The van der Waals surface area contributed by atoms with Crippen molar-refractivity contribution in [1.29, 1.82) is 0 Å². The van der Waals surface area contributed by atoms with E-state index in [1.807, 2.05) is 24.3 Å². The molecule has 16 heavy (non-hydrogen) atoms. The molecule has 1 aromatic rings. The van der Waals surface area contributed by atoms with Crippen LogP contribution in [0.1, 0.15) is 24.0 Å². The Balaban J connectivity index is 2.60. The van der Waals surface area contributed by atoms with E-state index in [2.05, 4.69) is 28.1 Å². The van der Waals surface area contributed by atoms with Crippen LogP contribution in [0.25, 0.3) is 6.08 Å². The summed E-state index contributed by atoms with van der Waals surface area (Å²) in [5.41, 5.74) is 2.20. The quantitative estimate of drug-likeness (QED) is 0.811. The van der Waals surface area contributed by atoms with E-state index in [-0.39, 0.29) is 6.42 Å². The smallest absolute Gasteiger partial charge is 0.303 e. The van der Waals surface area contributed by atoms with Crippen LogP contribution in [0.4, 0.5) is 0 Å². The second-order valence-electron chi connectivity index (χ2n) is 3.52. The number of aliphatic carboxylic acids is 1. The molecule has 0 amide bonds. The molecule has 0 aliphatic heterocycles. The Hall–Kier alpha value is -1.09. The minimum absolute atomic E-state index is 0.189. The zero-order valence-electron chi connectivity index (χ0n) is 9.03. The fourth-order valence-electron chi connectivity index (χ4n) is 1.39. The van der Waals surface area contributed by atoms with E-state index in [9.17, 15) is 4.79 Å². The number of benzene rings is 1. The summed E-state index contributed by atoms with van der Waals surface area (Å²) in [4.78, 5) is 10.4. The summed E-state index contributed by atoms with van der Waals surface area (Å²) in [5.74, 6) is -0.750. The topological polar surface area (TPSA) is 37.3 Å². The number of hydrogen-bond acceptors (Lipinski definition) is 1. The van der Waals surface area contributed by atoms with Crippen molar-refractivity contribution in [2.45, 2.75) is 19.3 Å². The summed E-state index contributed by atoms with van der Waals surface area (Å²) in [6.45, 7) is 0. The molecule has 0 heterocycles. The van der Waals surface area contributed by atoms with Crippen molar-refractivity contribution < 1.29 is 9.90 Å². The minimum atomic E-state index is -0.750. The lowest BCUT2D eigenvalue weighted by Gasteiger charge is -2.00. The number of alkyl halides is 1. The van der Waals surface area contributed by atoms with Crippen molar-refractivity contribution in [3.8, 4) is 0 Å². The van der Waals surface area contributed by atoms with Crippen LogP contribution in [0, 0.1) is 0 Å². The van der Waals surface area contributed by atoms with Crippen LogP contribution in [0.5, 0.6) is 0 Å². The van der Waals surface area contributed by atoms with Gasteiger partial charge in [0.05, 0.1) is 0 Å². The summed E-state index contributed by atoms with van der Waals surface area (Å²) in [7, 11) is 0. The highest BCUT2D eigenvalue weighted by Gasteiger charge is 1.98. The largest absolute Gasteiger partial charge is 0.481 e. The van der Waals surface area contributed by atoms with Gasteiger partial charge in [-0.2, -0.15) is 0 Å². The molecule has 0 aromatic heterocycles. The first kappa shape index (κ1) is 13.0. The van der Waals surface area contributed by atoms with Crippen LogP contribution >= 0.6 is 15.9 Å². The van der Waals surface area contributed by atoms with Gasteiger partial charge in [-0.15, -0.1) is 0 Å². The van der Waals surface area contributed by atoms with Gasteiger partial charge in [0.15, 0.2) is 0 Å². The standard InChI is InChI=1S/C13H15BrO2/c14-9-2-1-4-11-5-3-6-12(10-11)7-8-13(15)16/h1,3-6,10H,2,7-9H2,(H,15,16). The maximum Gasteiger partial charge on any atom is 0.303 e. The number of allylic oxidation sites excluding steroid dienone is 1. The van der Waals surface area contributed by atoms with Gasteiger partial charge in [-0.05, 0) is 24.0 Å². The number of carboxylic acids is 1. The first-order valence-corrected chi connectivity index (χ1v) is 6.38. The van der Waals surface area contributed by atoms with E-state index in [0.717, 1.165) is 22.9 Å². The number of halogens is 1. The normalized spacial score (nSPS) is 10.8. The Bertz CT molecular complexity index is 372. The predicted molar refractivity (Wildman–Crippen MR) is 69.8 cm³/mol. The zero-order chi connectivity index (χ0) is 11.8. The summed E-state index contributed by atoms with van der Waals surface area (Å²) in [6, 6.07) is 7.98. The van der Waals surface area contributed by atoms with E-state index in [1.165, 1.54) is 0 Å². The average Bonchev–Trinajstić information content (AvgIpc) is 2.27. The van der Waals surface area contributed by atoms with Gasteiger partial charge >= 0.3 is 5.97 Å². The van der Waals surface area contributed by atoms with Crippen molar-refractivity contribution in [1.82, 2.24) is 0 Å². The van der Waals surface area contributed by atoms with Crippen LogP contribution in [0.2, 0.25) is 0 Å². The first-order chi connectivity index (χ1) is 7.72. The molecule has 1 rings (SSSR count). The summed E-state index contributed by atoms with van der Waals surface area (Å²) >= 11 is 3.36. The van der Waals surface area contributed by atoms with Gasteiger partial charge < -0.3 is 5.11 Å². The molecule has 2 nitrogen and oxygen atoms in total.